The second-order valence-corrected chi connectivity index (χ2v) is 6.96. The van der Waals surface area contributed by atoms with E-state index in [1.165, 1.54) is 23.4 Å². The third kappa shape index (κ3) is 4.96. The van der Waals surface area contributed by atoms with Gasteiger partial charge in [0.15, 0.2) is 0 Å². The van der Waals surface area contributed by atoms with Crippen molar-refractivity contribution in [2.75, 3.05) is 42.3 Å². The van der Waals surface area contributed by atoms with Gasteiger partial charge in [-0.05, 0) is 37.3 Å². The van der Waals surface area contributed by atoms with Crippen molar-refractivity contribution < 1.29 is 13.9 Å². The van der Waals surface area contributed by atoms with E-state index in [9.17, 15) is 9.18 Å². The maximum absolute atomic E-state index is 14.3. The molecule has 0 radical (unpaired) electrons. The molecule has 2 aromatic rings. The molecule has 3 rings (SSSR count). The number of amides is 1. The zero-order valence-electron chi connectivity index (χ0n) is 14.1. The van der Waals surface area contributed by atoms with Gasteiger partial charge in [0.05, 0.1) is 24.7 Å². The molecule has 1 aliphatic rings. The molecule has 1 N–H and O–H groups in total. The summed E-state index contributed by atoms with van der Waals surface area (Å²) in [4.78, 5) is 15.1. The van der Waals surface area contributed by atoms with Gasteiger partial charge >= 0.3 is 0 Å². The van der Waals surface area contributed by atoms with E-state index in [4.69, 9.17) is 4.74 Å². The van der Waals surface area contributed by atoms with Gasteiger partial charge in [0, 0.05) is 23.7 Å². The molecule has 0 aliphatic carbocycles. The maximum atomic E-state index is 14.3. The summed E-state index contributed by atoms with van der Waals surface area (Å²) in [6.07, 6.45) is 0. The third-order valence-electron chi connectivity index (χ3n) is 3.97. The lowest BCUT2D eigenvalue weighted by molar-refractivity contribution is -0.113. The predicted molar refractivity (Wildman–Crippen MR) is 100.0 cm³/mol. The molecule has 2 aromatic carbocycles. The molecule has 0 bridgehead atoms. The minimum atomic E-state index is -0.328. The molecular formula is C19H21FN2O2S. The van der Waals surface area contributed by atoms with Crippen molar-refractivity contribution in [3.8, 4) is 0 Å². The van der Waals surface area contributed by atoms with Crippen LogP contribution in [-0.4, -0.2) is 38.0 Å². The van der Waals surface area contributed by atoms with Crippen molar-refractivity contribution in [1.82, 2.24) is 0 Å². The van der Waals surface area contributed by atoms with E-state index in [0.717, 1.165) is 4.90 Å². The summed E-state index contributed by atoms with van der Waals surface area (Å²) < 4.78 is 19.6. The predicted octanol–water partition coefficient (Wildman–Crippen LogP) is 3.70. The topological polar surface area (TPSA) is 41.6 Å². The molecule has 0 spiro atoms. The number of hydrogen-bond acceptors (Lipinski definition) is 4. The molecular weight excluding hydrogens is 339 g/mol. The van der Waals surface area contributed by atoms with Gasteiger partial charge in [0.25, 0.3) is 0 Å². The van der Waals surface area contributed by atoms with E-state index >= 15 is 0 Å². The van der Waals surface area contributed by atoms with Crippen LogP contribution in [0, 0.1) is 12.7 Å². The van der Waals surface area contributed by atoms with Crippen LogP contribution in [0.3, 0.4) is 0 Å². The Morgan fingerprint density at radius 3 is 2.60 bits per heavy atom. The summed E-state index contributed by atoms with van der Waals surface area (Å²) in [5.41, 5.74) is 2.21. The number of carbonyl (C=O) groups is 1. The highest BCUT2D eigenvalue weighted by Crippen LogP contribution is 2.24. The van der Waals surface area contributed by atoms with Crippen LogP contribution in [0.2, 0.25) is 0 Å². The van der Waals surface area contributed by atoms with Gasteiger partial charge in [0.1, 0.15) is 5.82 Å². The lowest BCUT2D eigenvalue weighted by Gasteiger charge is -2.29. The van der Waals surface area contributed by atoms with Gasteiger partial charge in [-0.1, -0.05) is 17.7 Å². The average Bonchev–Trinajstić information content (AvgIpc) is 2.62. The number of nitrogens with one attached hydrogen (secondary N) is 1. The fourth-order valence-corrected chi connectivity index (χ4v) is 3.32. The first-order valence-corrected chi connectivity index (χ1v) is 9.22. The van der Waals surface area contributed by atoms with E-state index in [0.29, 0.717) is 37.7 Å². The molecule has 0 unspecified atom stereocenters. The average molecular weight is 360 g/mol. The van der Waals surface area contributed by atoms with Crippen molar-refractivity contribution in [2.24, 2.45) is 0 Å². The van der Waals surface area contributed by atoms with Crippen molar-refractivity contribution in [2.45, 2.75) is 11.8 Å². The summed E-state index contributed by atoms with van der Waals surface area (Å²) in [5, 5.41) is 2.75. The molecule has 0 atom stereocenters. The van der Waals surface area contributed by atoms with Gasteiger partial charge in [-0.25, -0.2) is 4.39 Å². The second kappa shape index (κ2) is 8.36. The molecule has 6 heteroatoms. The Hall–Kier alpha value is -2.05. The summed E-state index contributed by atoms with van der Waals surface area (Å²) in [6, 6.07) is 12.8. The lowest BCUT2D eigenvalue weighted by atomic mass is 10.2. The van der Waals surface area contributed by atoms with Gasteiger partial charge in [-0.2, -0.15) is 0 Å². The second-order valence-electron chi connectivity index (χ2n) is 5.92. The van der Waals surface area contributed by atoms with Crippen LogP contribution in [-0.2, 0) is 9.53 Å². The Bertz CT molecular complexity index is 731. The minimum absolute atomic E-state index is 0.149. The molecule has 1 saturated heterocycles. The van der Waals surface area contributed by atoms with E-state index in [1.54, 1.807) is 12.1 Å². The van der Waals surface area contributed by atoms with Crippen LogP contribution in [0.4, 0.5) is 15.8 Å². The van der Waals surface area contributed by atoms with E-state index < -0.39 is 0 Å². The summed E-state index contributed by atoms with van der Waals surface area (Å²) in [6.45, 7) is 4.59. The molecule has 1 amide bonds. The molecule has 1 fully saturated rings. The summed E-state index contributed by atoms with van der Waals surface area (Å²) >= 11 is 1.46. The number of nitrogens with zero attached hydrogens (tertiary/aromatic N) is 1. The van der Waals surface area contributed by atoms with Crippen LogP contribution in [0.15, 0.2) is 47.4 Å². The zero-order chi connectivity index (χ0) is 17.6. The van der Waals surface area contributed by atoms with Crippen molar-refractivity contribution >= 4 is 29.0 Å². The van der Waals surface area contributed by atoms with Gasteiger partial charge in [-0.3, -0.25) is 4.79 Å². The van der Waals surface area contributed by atoms with E-state index in [-0.39, 0.29) is 17.5 Å². The number of benzene rings is 2. The van der Waals surface area contributed by atoms with Crippen molar-refractivity contribution in [3.05, 3.63) is 53.8 Å². The highest BCUT2D eigenvalue weighted by atomic mass is 32.2. The fraction of sp³-hybridized carbons (Fsp3) is 0.316. The Balaban J connectivity index is 1.55. The molecule has 25 heavy (non-hydrogen) atoms. The summed E-state index contributed by atoms with van der Waals surface area (Å²) in [5.74, 6) is -0.189. The SMILES string of the molecule is Cc1ccc(SCC(=O)Nc2ccc(N3CCOCC3)c(F)c2)cc1. The Morgan fingerprint density at radius 1 is 1.20 bits per heavy atom. The number of halogens is 1. The van der Waals surface area contributed by atoms with Crippen molar-refractivity contribution in [3.63, 3.8) is 0 Å². The summed E-state index contributed by atoms with van der Waals surface area (Å²) in [7, 11) is 0. The zero-order valence-corrected chi connectivity index (χ0v) is 14.9. The van der Waals surface area contributed by atoms with Gasteiger partial charge in [0.2, 0.25) is 5.91 Å². The number of anilines is 2. The quantitative estimate of drug-likeness (QED) is 0.826. The Morgan fingerprint density at radius 2 is 1.92 bits per heavy atom. The molecule has 1 heterocycles. The molecule has 4 nitrogen and oxygen atoms in total. The number of hydrogen-bond donors (Lipinski definition) is 1. The van der Waals surface area contributed by atoms with E-state index in [1.807, 2.05) is 36.1 Å². The number of morpholine rings is 1. The van der Waals surface area contributed by atoms with Crippen LogP contribution < -0.4 is 10.2 Å². The first kappa shape index (κ1) is 17.8. The van der Waals surface area contributed by atoms with E-state index in [2.05, 4.69) is 5.32 Å². The Kier molecular flexibility index (Phi) is 5.94. The highest BCUT2D eigenvalue weighted by molar-refractivity contribution is 8.00. The lowest BCUT2D eigenvalue weighted by Crippen LogP contribution is -2.36. The molecule has 1 aliphatic heterocycles. The normalized spacial score (nSPS) is 14.4. The first-order chi connectivity index (χ1) is 12.1. The maximum Gasteiger partial charge on any atom is 0.234 e. The van der Waals surface area contributed by atoms with Gasteiger partial charge in [-0.15, -0.1) is 11.8 Å². The molecule has 132 valence electrons. The van der Waals surface area contributed by atoms with Crippen LogP contribution in [0.5, 0.6) is 0 Å². The number of aryl methyl sites for hydroxylation is 1. The standard InChI is InChI=1S/C19H21FN2O2S/c1-14-2-5-16(6-3-14)25-13-19(23)21-15-4-7-18(17(20)12-15)22-8-10-24-11-9-22/h2-7,12H,8-11,13H2,1H3,(H,21,23). The highest BCUT2D eigenvalue weighted by Gasteiger charge is 2.15. The first-order valence-electron chi connectivity index (χ1n) is 8.23. The number of ether oxygens (including phenoxy) is 1. The van der Waals surface area contributed by atoms with Crippen molar-refractivity contribution in [1.29, 1.82) is 0 Å². The monoisotopic (exact) mass is 360 g/mol. The number of carbonyl (C=O) groups excluding carboxylic acids is 1. The largest absolute Gasteiger partial charge is 0.378 e. The van der Waals surface area contributed by atoms with Crippen LogP contribution in [0.1, 0.15) is 5.56 Å². The van der Waals surface area contributed by atoms with Crippen LogP contribution in [0.25, 0.3) is 0 Å². The fourth-order valence-electron chi connectivity index (χ4n) is 2.63. The molecule has 0 aromatic heterocycles. The smallest absolute Gasteiger partial charge is 0.234 e. The number of rotatable bonds is 5. The third-order valence-corrected chi connectivity index (χ3v) is 4.99. The Labute approximate surface area is 151 Å². The number of thioether (sulfide) groups is 1. The minimum Gasteiger partial charge on any atom is -0.378 e. The van der Waals surface area contributed by atoms with Gasteiger partial charge < -0.3 is 15.0 Å². The molecule has 0 saturated carbocycles. The van der Waals surface area contributed by atoms with Crippen LogP contribution >= 0.6 is 11.8 Å².